The number of urea groups is 1. The molecule has 0 saturated heterocycles. The number of hydrogen-bond acceptors (Lipinski definition) is 4. The molecule has 1 unspecified atom stereocenters. The highest BCUT2D eigenvalue weighted by atomic mass is 32.2. The van der Waals surface area contributed by atoms with Crippen LogP contribution < -0.4 is 15.0 Å². The van der Waals surface area contributed by atoms with Gasteiger partial charge in [-0.2, -0.15) is 0 Å². The van der Waals surface area contributed by atoms with Gasteiger partial charge >= 0.3 is 12.0 Å². The minimum atomic E-state index is -0.347. The molecule has 0 bridgehead atoms. The molecule has 1 atom stereocenters. The lowest BCUT2D eigenvalue weighted by Crippen LogP contribution is -2.42. The van der Waals surface area contributed by atoms with Crippen LogP contribution in [0, 0.1) is 0 Å². The van der Waals surface area contributed by atoms with E-state index in [2.05, 4.69) is 12.2 Å². The van der Waals surface area contributed by atoms with Crippen molar-refractivity contribution in [2.24, 2.45) is 0 Å². The van der Waals surface area contributed by atoms with Gasteiger partial charge < -0.3 is 10.1 Å². The fraction of sp³-hybridized carbons (Fsp3) is 0.310. The number of carbonyl (C=O) groups is 2. The van der Waals surface area contributed by atoms with Gasteiger partial charge in [0.2, 0.25) is 0 Å². The molecule has 1 N–H and O–H groups in total. The maximum absolute atomic E-state index is 13.4. The molecule has 0 radical (unpaired) electrons. The average molecular weight is 491 g/mol. The first-order chi connectivity index (χ1) is 17.0. The third kappa shape index (κ3) is 8.18. The number of unbranched alkanes of at least 4 members (excludes halogenated alkanes) is 3. The first-order valence-corrected chi connectivity index (χ1v) is 13.0. The summed E-state index contributed by atoms with van der Waals surface area (Å²) in [4.78, 5) is 28.4. The van der Waals surface area contributed by atoms with Gasteiger partial charge in [0.25, 0.3) is 0 Å². The molecule has 184 valence electrons. The molecule has 3 aromatic carbocycles. The molecule has 35 heavy (non-hydrogen) atoms. The summed E-state index contributed by atoms with van der Waals surface area (Å²) in [6, 6.07) is 25.2. The summed E-state index contributed by atoms with van der Waals surface area (Å²) in [6.45, 7) is 6.28. The first-order valence-electron chi connectivity index (χ1n) is 12.2. The van der Waals surface area contributed by atoms with Crippen molar-refractivity contribution in [3.05, 3.63) is 84.4 Å². The molecule has 3 aromatic rings. The van der Waals surface area contributed by atoms with Crippen molar-refractivity contribution in [2.75, 3.05) is 11.4 Å². The van der Waals surface area contributed by atoms with E-state index in [1.807, 2.05) is 84.6 Å². The lowest BCUT2D eigenvalue weighted by Gasteiger charge is -2.30. The van der Waals surface area contributed by atoms with E-state index in [0.717, 1.165) is 33.9 Å². The van der Waals surface area contributed by atoms with Crippen LogP contribution in [0.15, 0.2) is 88.7 Å². The Hall–Kier alpha value is -3.25. The summed E-state index contributed by atoms with van der Waals surface area (Å²) in [5, 5.41) is 3.12. The fourth-order valence-electron chi connectivity index (χ4n) is 3.83. The summed E-state index contributed by atoms with van der Waals surface area (Å²) in [6.07, 6.45) is 4.43. The van der Waals surface area contributed by atoms with Crippen LogP contribution in [0.25, 0.3) is 0 Å². The Bertz CT molecular complexity index is 1100. The molecule has 0 saturated carbocycles. The molecule has 6 heteroatoms. The number of nitrogens with zero attached hydrogens (tertiary/aromatic N) is 1. The summed E-state index contributed by atoms with van der Waals surface area (Å²) in [5.74, 6) is 0.167. The smallest absolute Gasteiger partial charge is 0.322 e. The fourth-order valence-corrected chi connectivity index (χ4v) is 4.75. The van der Waals surface area contributed by atoms with Gasteiger partial charge in [-0.1, -0.05) is 80.4 Å². The van der Waals surface area contributed by atoms with Crippen LogP contribution in [-0.4, -0.2) is 18.5 Å². The Morgan fingerprint density at radius 1 is 0.914 bits per heavy atom. The second-order valence-corrected chi connectivity index (χ2v) is 9.56. The number of ether oxygens (including phenoxy) is 1. The molecule has 2 amide bonds. The van der Waals surface area contributed by atoms with E-state index in [0.29, 0.717) is 12.3 Å². The zero-order valence-electron chi connectivity index (χ0n) is 20.7. The first kappa shape index (κ1) is 26.4. The van der Waals surface area contributed by atoms with Crippen molar-refractivity contribution in [1.29, 1.82) is 0 Å². The molecular weight excluding hydrogens is 456 g/mol. The maximum Gasteiger partial charge on any atom is 0.322 e. The van der Waals surface area contributed by atoms with Crippen LogP contribution in [-0.2, 0) is 4.79 Å². The van der Waals surface area contributed by atoms with Crippen LogP contribution >= 0.6 is 11.8 Å². The zero-order chi connectivity index (χ0) is 25.0. The molecule has 5 nitrogen and oxygen atoms in total. The highest BCUT2D eigenvalue weighted by molar-refractivity contribution is 7.99. The van der Waals surface area contributed by atoms with Crippen molar-refractivity contribution in [1.82, 2.24) is 5.32 Å². The molecule has 0 aromatic heterocycles. The second kappa shape index (κ2) is 13.6. The van der Waals surface area contributed by atoms with Crippen molar-refractivity contribution in [3.63, 3.8) is 0 Å². The third-order valence-corrected chi connectivity index (χ3v) is 6.57. The average Bonchev–Trinajstić information content (AvgIpc) is 2.84. The third-order valence-electron chi connectivity index (χ3n) is 5.59. The van der Waals surface area contributed by atoms with E-state index in [1.54, 1.807) is 17.8 Å². The molecular formula is C29H34N2O3S. The normalized spacial score (nSPS) is 11.5. The number of benzene rings is 3. The van der Waals surface area contributed by atoms with Gasteiger partial charge in [0.15, 0.2) is 0 Å². The minimum absolute atomic E-state index is 0.100. The second-order valence-electron chi connectivity index (χ2n) is 8.42. The van der Waals surface area contributed by atoms with E-state index in [-0.39, 0.29) is 18.0 Å². The lowest BCUT2D eigenvalue weighted by molar-refractivity contribution is -0.131. The van der Waals surface area contributed by atoms with Crippen LogP contribution in [0.5, 0.6) is 5.75 Å². The van der Waals surface area contributed by atoms with E-state index < -0.39 is 0 Å². The standard InChI is InChI=1S/C29H34N2O3S/c1-4-5-6-10-19-30-29(33)31(22(2)24-13-8-7-9-14-24)25-15-11-17-27(20-25)35-28-18-12-16-26(21-28)34-23(3)32/h7-9,11-18,20-22H,4-6,10,19H2,1-3H3,(H,30,33). The largest absolute Gasteiger partial charge is 0.427 e. The predicted molar refractivity (Wildman–Crippen MR) is 143 cm³/mol. The lowest BCUT2D eigenvalue weighted by atomic mass is 10.1. The Morgan fingerprint density at radius 3 is 2.34 bits per heavy atom. The van der Waals surface area contributed by atoms with E-state index in [4.69, 9.17) is 4.74 Å². The quantitative estimate of drug-likeness (QED) is 0.171. The number of carbonyl (C=O) groups excluding carboxylic acids is 2. The number of nitrogens with one attached hydrogen (secondary N) is 1. The topological polar surface area (TPSA) is 58.6 Å². The van der Waals surface area contributed by atoms with Crippen LogP contribution in [0.1, 0.15) is 58.1 Å². The SMILES string of the molecule is CCCCCCNC(=O)N(c1cccc(Sc2cccc(OC(C)=O)c2)c1)C(C)c1ccccc1. The Balaban J connectivity index is 1.82. The van der Waals surface area contributed by atoms with Crippen molar-refractivity contribution in [2.45, 2.75) is 62.3 Å². The van der Waals surface area contributed by atoms with Gasteiger partial charge in [-0.15, -0.1) is 0 Å². The van der Waals surface area contributed by atoms with Gasteiger partial charge in [0, 0.05) is 28.9 Å². The molecule has 0 spiro atoms. The van der Waals surface area contributed by atoms with Crippen molar-refractivity contribution in [3.8, 4) is 5.75 Å². The van der Waals surface area contributed by atoms with Gasteiger partial charge in [-0.25, -0.2) is 4.79 Å². The van der Waals surface area contributed by atoms with E-state index in [9.17, 15) is 9.59 Å². The van der Waals surface area contributed by atoms with Crippen LogP contribution in [0.4, 0.5) is 10.5 Å². The summed E-state index contributed by atoms with van der Waals surface area (Å²) in [5.41, 5.74) is 1.90. The summed E-state index contributed by atoms with van der Waals surface area (Å²) in [7, 11) is 0. The Labute approximate surface area is 212 Å². The van der Waals surface area contributed by atoms with Gasteiger partial charge in [-0.05, 0) is 55.3 Å². The minimum Gasteiger partial charge on any atom is -0.427 e. The maximum atomic E-state index is 13.4. The van der Waals surface area contributed by atoms with E-state index in [1.165, 1.54) is 19.8 Å². The number of anilines is 1. The molecule has 0 heterocycles. The Kier molecular flexibility index (Phi) is 10.2. The zero-order valence-corrected chi connectivity index (χ0v) is 21.5. The number of amides is 2. The molecule has 0 fully saturated rings. The molecule has 0 aliphatic carbocycles. The molecule has 3 rings (SSSR count). The number of rotatable bonds is 11. The number of hydrogen-bond donors (Lipinski definition) is 1. The van der Waals surface area contributed by atoms with E-state index >= 15 is 0 Å². The van der Waals surface area contributed by atoms with Gasteiger partial charge in [0.1, 0.15) is 5.75 Å². The molecule has 0 aliphatic rings. The van der Waals surface area contributed by atoms with Gasteiger partial charge in [0.05, 0.1) is 6.04 Å². The highest BCUT2D eigenvalue weighted by Gasteiger charge is 2.23. The predicted octanol–water partition coefficient (Wildman–Crippen LogP) is 7.62. The van der Waals surface area contributed by atoms with Crippen molar-refractivity contribution < 1.29 is 14.3 Å². The molecule has 0 aliphatic heterocycles. The highest BCUT2D eigenvalue weighted by Crippen LogP contribution is 2.34. The van der Waals surface area contributed by atoms with Crippen LogP contribution in [0.2, 0.25) is 0 Å². The Morgan fingerprint density at radius 2 is 1.63 bits per heavy atom. The summed E-state index contributed by atoms with van der Waals surface area (Å²) >= 11 is 1.56. The van der Waals surface area contributed by atoms with Gasteiger partial charge in [-0.3, -0.25) is 9.69 Å². The monoisotopic (exact) mass is 490 g/mol. The summed E-state index contributed by atoms with van der Waals surface area (Å²) < 4.78 is 5.21. The van der Waals surface area contributed by atoms with Crippen LogP contribution in [0.3, 0.4) is 0 Å². The van der Waals surface area contributed by atoms with Crippen molar-refractivity contribution >= 4 is 29.4 Å². The number of esters is 1.